The zero-order valence-corrected chi connectivity index (χ0v) is 11.9. The first-order valence-electron chi connectivity index (χ1n) is 6.69. The molecular formula is C14H20FNO2S. The van der Waals surface area contributed by atoms with Crippen molar-refractivity contribution in [3.05, 3.63) is 35.6 Å². The molecule has 0 saturated heterocycles. The number of nitrogens with one attached hydrogen (secondary N) is 1. The summed E-state index contributed by atoms with van der Waals surface area (Å²) in [5, 5.41) is 0. The molecule has 1 fully saturated rings. The van der Waals surface area contributed by atoms with E-state index in [0.29, 0.717) is 11.5 Å². The van der Waals surface area contributed by atoms with Gasteiger partial charge in [0.05, 0.1) is 5.75 Å². The van der Waals surface area contributed by atoms with Gasteiger partial charge in [-0.05, 0) is 49.3 Å². The summed E-state index contributed by atoms with van der Waals surface area (Å²) in [5.74, 6) is 0.257. The monoisotopic (exact) mass is 285 g/mol. The lowest BCUT2D eigenvalue weighted by Crippen LogP contribution is -2.37. The van der Waals surface area contributed by atoms with E-state index >= 15 is 0 Å². The first-order valence-corrected chi connectivity index (χ1v) is 8.34. The van der Waals surface area contributed by atoms with Crippen molar-refractivity contribution in [2.24, 2.45) is 5.92 Å². The predicted octanol–water partition coefficient (Wildman–Crippen LogP) is 2.82. The van der Waals surface area contributed by atoms with E-state index in [-0.39, 0.29) is 17.6 Å². The first-order chi connectivity index (χ1) is 8.94. The molecule has 0 spiro atoms. The summed E-state index contributed by atoms with van der Waals surface area (Å²) < 4.78 is 39.6. The van der Waals surface area contributed by atoms with E-state index < -0.39 is 10.0 Å². The van der Waals surface area contributed by atoms with Crippen LogP contribution in [-0.2, 0) is 15.8 Å². The van der Waals surface area contributed by atoms with Crippen LogP contribution in [0.4, 0.5) is 4.39 Å². The van der Waals surface area contributed by atoms with Gasteiger partial charge < -0.3 is 0 Å². The lowest BCUT2D eigenvalue weighted by molar-refractivity contribution is 0.332. The Balaban J connectivity index is 1.93. The van der Waals surface area contributed by atoms with Crippen molar-refractivity contribution >= 4 is 10.0 Å². The number of halogens is 1. The van der Waals surface area contributed by atoms with Gasteiger partial charge in [-0.1, -0.05) is 19.1 Å². The zero-order chi connectivity index (χ0) is 13.9. The Bertz CT molecular complexity index is 505. The van der Waals surface area contributed by atoms with E-state index in [9.17, 15) is 12.8 Å². The molecule has 0 unspecified atom stereocenters. The van der Waals surface area contributed by atoms with E-state index in [4.69, 9.17) is 0 Å². The summed E-state index contributed by atoms with van der Waals surface area (Å²) in [6, 6.07) is 5.65. The van der Waals surface area contributed by atoms with Gasteiger partial charge in [-0.25, -0.2) is 17.5 Å². The highest BCUT2D eigenvalue weighted by Gasteiger charge is 2.22. The third-order valence-electron chi connectivity index (χ3n) is 3.63. The molecule has 0 bridgehead atoms. The molecule has 0 aliphatic heterocycles. The van der Waals surface area contributed by atoms with Crippen molar-refractivity contribution < 1.29 is 12.8 Å². The van der Waals surface area contributed by atoms with Gasteiger partial charge in [0.2, 0.25) is 10.0 Å². The molecule has 0 amide bonds. The molecule has 1 saturated carbocycles. The van der Waals surface area contributed by atoms with E-state index in [1.165, 1.54) is 24.3 Å². The van der Waals surface area contributed by atoms with Crippen LogP contribution in [0.1, 0.15) is 38.2 Å². The van der Waals surface area contributed by atoms with E-state index in [0.717, 1.165) is 25.7 Å². The topological polar surface area (TPSA) is 46.2 Å². The van der Waals surface area contributed by atoms with E-state index in [1.807, 2.05) is 0 Å². The van der Waals surface area contributed by atoms with Crippen LogP contribution in [0.3, 0.4) is 0 Å². The molecule has 3 nitrogen and oxygen atoms in total. The summed E-state index contributed by atoms with van der Waals surface area (Å²) in [5.41, 5.74) is 0.609. The minimum absolute atomic E-state index is 0.0571. The molecule has 0 radical (unpaired) electrons. The smallest absolute Gasteiger partial charge is 0.212 e. The summed E-state index contributed by atoms with van der Waals surface area (Å²) in [6.45, 7) is 2.20. The number of sulfonamides is 1. The second-order valence-corrected chi connectivity index (χ2v) is 7.21. The molecule has 1 N–H and O–H groups in total. The van der Waals surface area contributed by atoms with Crippen molar-refractivity contribution in [1.82, 2.24) is 4.72 Å². The average Bonchev–Trinajstić information content (AvgIpc) is 2.34. The maximum absolute atomic E-state index is 12.8. The molecule has 0 aromatic heterocycles. The molecule has 106 valence electrons. The van der Waals surface area contributed by atoms with Gasteiger partial charge in [0.1, 0.15) is 5.82 Å². The summed E-state index contributed by atoms with van der Waals surface area (Å²) in [4.78, 5) is 0. The highest BCUT2D eigenvalue weighted by atomic mass is 32.2. The van der Waals surface area contributed by atoms with Crippen LogP contribution >= 0.6 is 0 Å². The fourth-order valence-corrected chi connectivity index (χ4v) is 3.93. The van der Waals surface area contributed by atoms with Crippen LogP contribution in [0.5, 0.6) is 0 Å². The Morgan fingerprint density at radius 3 is 2.32 bits per heavy atom. The SMILES string of the molecule is CC1CCC(NS(=O)(=O)Cc2ccc(F)cc2)CC1. The second-order valence-electron chi connectivity index (χ2n) is 5.46. The largest absolute Gasteiger partial charge is 0.216 e. The molecule has 5 heteroatoms. The van der Waals surface area contributed by atoms with Gasteiger partial charge in [-0.15, -0.1) is 0 Å². The van der Waals surface area contributed by atoms with Crippen LogP contribution in [-0.4, -0.2) is 14.5 Å². The van der Waals surface area contributed by atoms with Crippen LogP contribution in [0, 0.1) is 11.7 Å². The summed E-state index contributed by atoms with van der Waals surface area (Å²) in [7, 11) is -3.34. The zero-order valence-electron chi connectivity index (χ0n) is 11.1. The first kappa shape index (κ1) is 14.5. The fourth-order valence-electron chi connectivity index (χ4n) is 2.47. The normalized spacial score (nSPS) is 24.3. The number of rotatable bonds is 4. The highest BCUT2D eigenvalue weighted by molar-refractivity contribution is 7.88. The van der Waals surface area contributed by atoms with Gasteiger partial charge >= 0.3 is 0 Å². The molecule has 0 atom stereocenters. The van der Waals surface area contributed by atoms with Crippen LogP contribution in [0.25, 0.3) is 0 Å². The third kappa shape index (κ3) is 4.58. The Morgan fingerprint density at radius 1 is 1.16 bits per heavy atom. The molecule has 1 aliphatic rings. The number of benzene rings is 1. The summed E-state index contributed by atoms with van der Waals surface area (Å²) in [6.07, 6.45) is 3.96. The quantitative estimate of drug-likeness (QED) is 0.924. The van der Waals surface area contributed by atoms with Crippen LogP contribution in [0.15, 0.2) is 24.3 Å². The van der Waals surface area contributed by atoms with Crippen molar-refractivity contribution in [3.8, 4) is 0 Å². The third-order valence-corrected chi connectivity index (χ3v) is 5.04. The fraction of sp³-hybridized carbons (Fsp3) is 0.571. The van der Waals surface area contributed by atoms with Crippen molar-refractivity contribution in [1.29, 1.82) is 0 Å². The Morgan fingerprint density at radius 2 is 1.74 bits per heavy atom. The van der Waals surface area contributed by atoms with Crippen LogP contribution < -0.4 is 4.72 Å². The van der Waals surface area contributed by atoms with E-state index in [1.54, 1.807) is 0 Å². The molecule has 2 rings (SSSR count). The van der Waals surface area contributed by atoms with Crippen molar-refractivity contribution in [3.63, 3.8) is 0 Å². The Labute approximate surface area is 114 Å². The van der Waals surface area contributed by atoms with Crippen molar-refractivity contribution in [2.45, 2.75) is 44.4 Å². The Kier molecular flexibility index (Phi) is 4.58. The van der Waals surface area contributed by atoms with Crippen LogP contribution in [0.2, 0.25) is 0 Å². The second kappa shape index (κ2) is 6.01. The highest BCUT2D eigenvalue weighted by Crippen LogP contribution is 2.24. The lowest BCUT2D eigenvalue weighted by atomic mass is 9.88. The summed E-state index contributed by atoms with van der Waals surface area (Å²) >= 11 is 0. The van der Waals surface area contributed by atoms with Gasteiger partial charge in [-0.3, -0.25) is 0 Å². The van der Waals surface area contributed by atoms with Crippen molar-refractivity contribution in [2.75, 3.05) is 0 Å². The number of hydrogen-bond acceptors (Lipinski definition) is 2. The molecule has 1 aliphatic carbocycles. The molecule has 0 heterocycles. The van der Waals surface area contributed by atoms with E-state index in [2.05, 4.69) is 11.6 Å². The lowest BCUT2D eigenvalue weighted by Gasteiger charge is -2.26. The van der Waals surface area contributed by atoms with Gasteiger partial charge in [0, 0.05) is 6.04 Å². The predicted molar refractivity (Wildman–Crippen MR) is 73.6 cm³/mol. The Hall–Kier alpha value is -0.940. The maximum Gasteiger partial charge on any atom is 0.216 e. The minimum atomic E-state index is -3.34. The average molecular weight is 285 g/mol. The van der Waals surface area contributed by atoms with Gasteiger partial charge in [-0.2, -0.15) is 0 Å². The molecule has 1 aromatic rings. The molecule has 19 heavy (non-hydrogen) atoms. The standard InChI is InChI=1S/C14H20FNO2S/c1-11-2-8-14(9-3-11)16-19(17,18)10-12-4-6-13(15)7-5-12/h4-7,11,14,16H,2-3,8-10H2,1H3. The minimum Gasteiger partial charge on any atom is -0.212 e. The maximum atomic E-state index is 12.8. The number of hydrogen-bond donors (Lipinski definition) is 1. The molecule has 1 aromatic carbocycles. The molecular weight excluding hydrogens is 265 g/mol. The van der Waals surface area contributed by atoms with Gasteiger partial charge in [0.15, 0.2) is 0 Å². The van der Waals surface area contributed by atoms with Gasteiger partial charge in [0.25, 0.3) is 0 Å².